The fraction of sp³-hybridized carbons (Fsp3) is 0.550. The van der Waals surface area contributed by atoms with Crippen molar-refractivity contribution in [3.05, 3.63) is 13.2 Å². The van der Waals surface area contributed by atoms with Crippen LogP contribution in [0.5, 0.6) is 0 Å². The summed E-state index contributed by atoms with van der Waals surface area (Å²) in [6, 6.07) is -1.16. The first-order valence-electron chi connectivity index (χ1n) is 10.6. The average molecular weight is 550 g/mol. The van der Waals surface area contributed by atoms with Crippen LogP contribution in [0.4, 0.5) is 0 Å². The molecule has 0 bridgehead atoms. The molecule has 0 radical (unpaired) electrons. The van der Waals surface area contributed by atoms with Gasteiger partial charge >= 0.3 is 11.9 Å². The fourth-order valence-corrected chi connectivity index (χ4v) is 1.62. The smallest absolute Gasteiger partial charge is 0.323 e. The minimum absolute atomic E-state index is 0.0995. The molecule has 2 atom stereocenters. The summed E-state index contributed by atoms with van der Waals surface area (Å²) in [6.07, 6.45) is -0.979. The highest BCUT2D eigenvalue weighted by Crippen LogP contribution is 1.90. The number of aliphatic hydroxyl groups excluding tert-OH is 1. The Bertz CT molecular complexity index is 759. The van der Waals surface area contributed by atoms with Crippen LogP contribution in [0.3, 0.4) is 0 Å². The Morgan fingerprint density at radius 3 is 1.45 bits per heavy atom. The minimum Gasteiger partial charge on any atom is -0.480 e. The Balaban J connectivity index is -0.000000192. The molecule has 2 unspecified atom stereocenters. The number of carboxylic acid groups (broad SMARTS) is 2. The summed E-state index contributed by atoms with van der Waals surface area (Å²) in [5, 5.41) is 52.8. The van der Waals surface area contributed by atoms with Gasteiger partial charge in [0.05, 0.1) is 19.2 Å². The maximum absolute atomic E-state index is 10.4. The summed E-state index contributed by atoms with van der Waals surface area (Å²) in [5.74, 6) is -2.23. The molecule has 0 saturated carbocycles. The van der Waals surface area contributed by atoms with E-state index in [-0.39, 0.29) is 36.2 Å². The first-order valence-corrected chi connectivity index (χ1v) is 10.6. The average Bonchev–Trinajstić information content (AvgIpc) is 3.26. The monoisotopic (exact) mass is 549 g/mol. The molecular formula is C20H43N11O7. The van der Waals surface area contributed by atoms with E-state index in [1.807, 2.05) is 14.1 Å². The summed E-state index contributed by atoms with van der Waals surface area (Å²) >= 11 is 0. The van der Waals surface area contributed by atoms with E-state index in [1.165, 1.54) is 14.0 Å². The summed E-state index contributed by atoms with van der Waals surface area (Å²) < 4.78 is 0. The quantitative estimate of drug-likeness (QED) is 0.0914. The number of carbonyl (C=O) groups is 4. The molecule has 18 nitrogen and oxygen atoms in total. The Morgan fingerprint density at radius 2 is 1.39 bits per heavy atom. The van der Waals surface area contributed by atoms with Gasteiger partial charge in [-0.2, -0.15) is 0 Å². The highest BCUT2D eigenvalue weighted by molar-refractivity contribution is 6.03. The van der Waals surface area contributed by atoms with Gasteiger partial charge in [-0.3, -0.25) is 46.0 Å². The third-order valence-electron chi connectivity index (χ3n) is 3.63. The number of guanidine groups is 3. The van der Waals surface area contributed by atoms with Gasteiger partial charge in [0, 0.05) is 21.1 Å². The van der Waals surface area contributed by atoms with E-state index >= 15 is 0 Å². The first-order chi connectivity index (χ1) is 17.4. The highest BCUT2D eigenvalue weighted by atomic mass is 16.4. The number of hydrogen-bond donors (Lipinski definition) is 11. The minimum atomic E-state index is -1.18. The molecule has 13 N–H and O–H groups in total. The summed E-state index contributed by atoms with van der Waals surface area (Å²) in [7, 11) is 8.58. The van der Waals surface area contributed by atoms with Gasteiger partial charge in [-0.15, -0.1) is 13.2 Å². The highest BCUT2D eigenvalue weighted by Gasteiger charge is 2.19. The zero-order valence-electron chi connectivity index (χ0n) is 22.7. The molecule has 0 aliphatic carbocycles. The van der Waals surface area contributed by atoms with E-state index in [9.17, 15) is 19.2 Å². The molecular weight excluding hydrogens is 506 g/mol. The van der Waals surface area contributed by atoms with Gasteiger partial charge in [0.15, 0.2) is 17.9 Å². The topological polar surface area (TPSA) is 298 Å². The van der Waals surface area contributed by atoms with Crippen molar-refractivity contribution < 1.29 is 34.5 Å². The number of nitrogens with two attached hydrogens (primary N) is 2. The van der Waals surface area contributed by atoms with Crippen molar-refractivity contribution in [1.82, 2.24) is 30.7 Å². The second-order valence-corrected chi connectivity index (χ2v) is 7.25. The fourth-order valence-electron chi connectivity index (χ4n) is 1.62. The lowest BCUT2D eigenvalue weighted by molar-refractivity contribution is -0.141. The Hall–Kier alpha value is -4.29. The van der Waals surface area contributed by atoms with E-state index in [0.717, 1.165) is 4.90 Å². The number of nitrogens with zero attached hydrogens (tertiary/aromatic N) is 3. The second-order valence-electron chi connectivity index (χ2n) is 7.25. The number of aliphatic hydroxyl groups is 1. The van der Waals surface area contributed by atoms with Crippen LogP contribution < -0.4 is 27.4 Å². The van der Waals surface area contributed by atoms with Crippen LogP contribution in [0.1, 0.15) is 6.92 Å². The Labute approximate surface area is 222 Å². The van der Waals surface area contributed by atoms with Gasteiger partial charge in [0.2, 0.25) is 11.8 Å². The standard InChI is InChI=1S/C4H9N3O2.2C4H7N3O.C4H9NO3.C2H7N.C2H4/c1-7(4(5)6)2-3(8)9;2*1-7-2-3(8)6-4(7)5;1-2(6)3(5)4(7)8;1-3-2;1-2/h2H2,1H3,(H3,5,6)(H,8,9);2*2H2,1H3,(H2,5,6,8);2-3,6H,5H2,1H3,(H,7,8);3H,1-2H3;1-2H2. The van der Waals surface area contributed by atoms with Crippen LogP contribution in [0.25, 0.3) is 0 Å². The lowest BCUT2D eigenvalue weighted by Crippen LogP contribution is -2.39. The van der Waals surface area contributed by atoms with Gasteiger partial charge < -0.3 is 46.8 Å². The first kappa shape index (κ1) is 40.9. The zero-order valence-corrected chi connectivity index (χ0v) is 22.7. The largest absolute Gasteiger partial charge is 0.480 e. The van der Waals surface area contributed by atoms with Gasteiger partial charge in [0.25, 0.3) is 0 Å². The molecule has 18 heteroatoms. The molecule has 2 fully saturated rings. The Morgan fingerprint density at radius 1 is 1.08 bits per heavy atom. The maximum Gasteiger partial charge on any atom is 0.323 e. The SMILES string of the molecule is C=C.CC(O)C(N)C(=O)O.CN(CC(=O)O)C(=N)N.CN1CC(=O)NC1=N.CN1CC(=O)NC1=N.CNC. The number of amides is 2. The number of rotatable bonds is 4. The number of carboxylic acids is 2. The van der Waals surface area contributed by atoms with E-state index in [4.69, 9.17) is 43.0 Å². The molecule has 0 aromatic carbocycles. The molecule has 0 spiro atoms. The zero-order chi connectivity index (χ0) is 31.2. The van der Waals surface area contributed by atoms with Crippen molar-refractivity contribution in [2.75, 3.05) is 54.9 Å². The van der Waals surface area contributed by atoms with Gasteiger partial charge in [-0.25, -0.2) is 0 Å². The van der Waals surface area contributed by atoms with Crippen molar-refractivity contribution in [3.63, 3.8) is 0 Å². The summed E-state index contributed by atoms with van der Waals surface area (Å²) in [6.45, 7) is 7.74. The number of likely N-dealkylation sites (N-methyl/N-ethyl adjacent to an activating group) is 3. The lowest BCUT2D eigenvalue weighted by atomic mass is 10.2. The molecule has 2 aliphatic rings. The third-order valence-corrected chi connectivity index (χ3v) is 3.63. The predicted octanol–water partition coefficient (Wildman–Crippen LogP) is -3.72. The Kier molecular flexibility index (Phi) is 24.9. The molecule has 2 saturated heterocycles. The number of hydrogen-bond acceptors (Lipinski definition) is 10. The van der Waals surface area contributed by atoms with E-state index in [0.29, 0.717) is 13.1 Å². The van der Waals surface area contributed by atoms with Gasteiger partial charge in [-0.05, 0) is 21.0 Å². The van der Waals surface area contributed by atoms with Crippen LogP contribution >= 0.6 is 0 Å². The maximum atomic E-state index is 10.4. The number of carbonyl (C=O) groups excluding carboxylic acids is 2. The van der Waals surface area contributed by atoms with Crippen LogP contribution in [0.2, 0.25) is 0 Å². The van der Waals surface area contributed by atoms with Crippen LogP contribution in [0, 0.1) is 16.2 Å². The molecule has 2 amide bonds. The van der Waals surface area contributed by atoms with Crippen molar-refractivity contribution in [2.45, 2.75) is 19.1 Å². The molecule has 2 aliphatic heterocycles. The van der Waals surface area contributed by atoms with Crippen molar-refractivity contribution in [2.24, 2.45) is 11.5 Å². The summed E-state index contributed by atoms with van der Waals surface area (Å²) in [4.78, 5) is 44.7. The van der Waals surface area contributed by atoms with E-state index in [2.05, 4.69) is 29.1 Å². The second kappa shape index (κ2) is 23.1. The van der Waals surface area contributed by atoms with Crippen LogP contribution in [-0.2, 0) is 19.2 Å². The third kappa shape index (κ3) is 23.5. The molecule has 38 heavy (non-hydrogen) atoms. The molecule has 2 rings (SSSR count). The van der Waals surface area contributed by atoms with E-state index < -0.39 is 24.1 Å². The van der Waals surface area contributed by atoms with Crippen molar-refractivity contribution in [3.8, 4) is 0 Å². The van der Waals surface area contributed by atoms with Crippen LogP contribution in [0.15, 0.2) is 13.2 Å². The predicted molar refractivity (Wildman–Crippen MR) is 143 cm³/mol. The molecule has 2 heterocycles. The van der Waals surface area contributed by atoms with E-state index in [1.54, 1.807) is 23.9 Å². The van der Waals surface area contributed by atoms with Crippen molar-refractivity contribution >= 4 is 41.6 Å². The van der Waals surface area contributed by atoms with Gasteiger partial charge in [-0.1, -0.05) is 0 Å². The molecule has 0 aromatic heterocycles. The van der Waals surface area contributed by atoms with Gasteiger partial charge in [0.1, 0.15) is 12.6 Å². The van der Waals surface area contributed by atoms with Crippen LogP contribution in [-0.4, -0.2) is 139 Å². The molecule has 0 aromatic rings. The molecule has 220 valence electrons. The van der Waals surface area contributed by atoms with Crippen molar-refractivity contribution in [1.29, 1.82) is 16.2 Å². The summed E-state index contributed by atoms with van der Waals surface area (Å²) in [5.41, 5.74) is 9.84. The number of nitrogens with one attached hydrogen (secondary N) is 6. The number of aliphatic carboxylic acids is 2. The normalized spacial score (nSPS) is 14.4. The lowest BCUT2D eigenvalue weighted by Gasteiger charge is -2.12.